The zero-order valence-electron chi connectivity index (χ0n) is 15.6. The van der Waals surface area contributed by atoms with Crippen molar-refractivity contribution in [2.75, 3.05) is 0 Å². The predicted molar refractivity (Wildman–Crippen MR) is 121 cm³/mol. The highest BCUT2D eigenvalue weighted by atomic mass is 31.2. The molecule has 0 atom stereocenters. The molecule has 0 heterocycles. The predicted octanol–water partition coefficient (Wildman–Crippen LogP) is 4.99. The molecule has 0 spiro atoms. The summed E-state index contributed by atoms with van der Waals surface area (Å²) >= 11 is 0. The zero-order chi connectivity index (χ0) is 19.2. The molecule has 1 nitrogen and oxygen atoms in total. The summed E-state index contributed by atoms with van der Waals surface area (Å²) in [6, 6.07) is 40.6. The second-order valence-corrected chi connectivity index (χ2v) is 10.3. The first kappa shape index (κ1) is 18.3. The van der Waals surface area contributed by atoms with E-state index >= 15 is 0 Å². The van der Waals surface area contributed by atoms with Crippen LogP contribution < -0.4 is 15.9 Å². The van der Waals surface area contributed by atoms with E-state index in [1.807, 2.05) is 12.1 Å². The molecule has 0 radical (unpaired) electrons. The summed E-state index contributed by atoms with van der Waals surface area (Å²) in [4.78, 5) is 11.1. The molecule has 4 aromatic carbocycles. The van der Waals surface area contributed by atoms with Gasteiger partial charge in [0, 0.05) is 5.56 Å². The van der Waals surface area contributed by atoms with Crippen LogP contribution in [0, 0.1) is 0 Å². The van der Waals surface area contributed by atoms with Gasteiger partial charge in [-0.25, -0.2) is 0 Å². The van der Waals surface area contributed by atoms with Crippen molar-refractivity contribution in [1.82, 2.24) is 0 Å². The molecular formula is C26H22OP+. The van der Waals surface area contributed by atoms with Gasteiger partial charge < -0.3 is 0 Å². The van der Waals surface area contributed by atoms with E-state index in [4.69, 9.17) is 0 Å². The molecule has 0 aromatic heterocycles. The fourth-order valence-corrected chi connectivity index (χ4v) is 7.99. The van der Waals surface area contributed by atoms with E-state index in [1.165, 1.54) is 21.5 Å². The van der Waals surface area contributed by atoms with Crippen LogP contribution in [0.5, 0.6) is 0 Å². The zero-order valence-corrected chi connectivity index (χ0v) is 16.5. The summed E-state index contributed by atoms with van der Waals surface area (Å²) in [7, 11) is -1.89. The molecule has 0 amide bonds. The molecule has 4 rings (SSSR count). The number of hydrogen-bond donors (Lipinski definition) is 0. The van der Waals surface area contributed by atoms with E-state index in [1.54, 1.807) is 0 Å². The van der Waals surface area contributed by atoms with Crippen molar-refractivity contribution in [1.29, 1.82) is 0 Å². The van der Waals surface area contributed by atoms with E-state index in [2.05, 4.69) is 103 Å². The van der Waals surface area contributed by atoms with Crippen LogP contribution in [0.15, 0.2) is 115 Å². The van der Waals surface area contributed by atoms with Crippen molar-refractivity contribution in [3.63, 3.8) is 0 Å². The second kappa shape index (κ2) is 8.33. The molecule has 4 aromatic rings. The third kappa shape index (κ3) is 3.54. The van der Waals surface area contributed by atoms with Gasteiger partial charge in [-0.2, -0.15) is 0 Å². The fraction of sp³-hybridized carbons (Fsp3) is 0.0385. The minimum Gasteiger partial charge on any atom is -0.298 e. The van der Waals surface area contributed by atoms with E-state index < -0.39 is 7.26 Å². The van der Waals surface area contributed by atoms with Gasteiger partial charge in [0.25, 0.3) is 0 Å². The largest absolute Gasteiger partial charge is 0.298 e. The quantitative estimate of drug-likeness (QED) is 0.340. The smallest absolute Gasteiger partial charge is 0.150 e. The highest BCUT2D eigenvalue weighted by Crippen LogP contribution is 2.58. The van der Waals surface area contributed by atoms with Crippen molar-refractivity contribution in [3.8, 4) is 0 Å². The maximum atomic E-state index is 11.1. The van der Waals surface area contributed by atoms with Gasteiger partial charge in [0.2, 0.25) is 0 Å². The monoisotopic (exact) mass is 381 g/mol. The number of benzene rings is 4. The number of carbonyl (C=O) groups excluding carboxylic acids is 1. The van der Waals surface area contributed by atoms with Gasteiger partial charge in [0.05, 0.1) is 6.16 Å². The van der Waals surface area contributed by atoms with Gasteiger partial charge >= 0.3 is 0 Å². The molecule has 0 aliphatic carbocycles. The molecule has 0 N–H and O–H groups in total. The topological polar surface area (TPSA) is 17.1 Å². The summed E-state index contributed by atoms with van der Waals surface area (Å²) in [5.41, 5.74) is 1.96. The Morgan fingerprint density at radius 2 is 0.929 bits per heavy atom. The lowest BCUT2D eigenvalue weighted by Gasteiger charge is -2.27. The lowest BCUT2D eigenvalue weighted by atomic mass is 10.2. The summed E-state index contributed by atoms with van der Waals surface area (Å²) in [6.45, 7) is 0. The van der Waals surface area contributed by atoms with Crippen LogP contribution in [0.3, 0.4) is 0 Å². The SMILES string of the molecule is O=Cc1ccc(C[P+](c2ccccc2)(c2ccccc2)c2ccccc2)cc1. The first-order valence-corrected chi connectivity index (χ1v) is 11.4. The van der Waals surface area contributed by atoms with Gasteiger partial charge in [-0.3, -0.25) is 4.79 Å². The van der Waals surface area contributed by atoms with Crippen LogP contribution in [0.1, 0.15) is 15.9 Å². The summed E-state index contributed by atoms with van der Waals surface area (Å²) in [5.74, 6) is 0. The van der Waals surface area contributed by atoms with Crippen molar-refractivity contribution in [2.45, 2.75) is 6.16 Å². The van der Waals surface area contributed by atoms with Crippen LogP contribution in [0.2, 0.25) is 0 Å². The minimum absolute atomic E-state index is 0.715. The number of hydrogen-bond acceptors (Lipinski definition) is 1. The summed E-state index contributed by atoms with van der Waals surface area (Å²) in [5, 5.41) is 4.10. The molecule has 0 bridgehead atoms. The molecule has 0 aliphatic rings. The summed E-state index contributed by atoms with van der Waals surface area (Å²) < 4.78 is 0. The maximum absolute atomic E-state index is 11.1. The molecule has 28 heavy (non-hydrogen) atoms. The van der Waals surface area contributed by atoms with Crippen molar-refractivity contribution in [3.05, 3.63) is 126 Å². The molecular weight excluding hydrogens is 359 g/mol. The Bertz CT molecular complexity index is 929. The van der Waals surface area contributed by atoms with Gasteiger partial charge in [-0.15, -0.1) is 0 Å². The molecule has 0 saturated carbocycles. The molecule has 0 fully saturated rings. The maximum Gasteiger partial charge on any atom is 0.150 e. The molecule has 0 saturated heterocycles. The third-order valence-corrected chi connectivity index (χ3v) is 9.51. The Morgan fingerprint density at radius 1 is 0.536 bits per heavy atom. The summed E-state index contributed by atoms with van der Waals surface area (Å²) in [6.07, 6.45) is 1.82. The van der Waals surface area contributed by atoms with E-state index in [-0.39, 0.29) is 0 Å². The standard InChI is InChI=1S/C26H22OP/c27-20-22-16-18-23(19-17-22)21-28(24-10-4-1-5-11-24,25-12-6-2-7-13-25)26-14-8-3-9-15-26/h1-20H,21H2/q+1. The fourth-order valence-electron chi connectivity index (χ4n) is 3.74. The van der Waals surface area contributed by atoms with E-state index in [9.17, 15) is 4.79 Å². The van der Waals surface area contributed by atoms with Crippen LogP contribution in [-0.4, -0.2) is 6.29 Å². The number of carbonyl (C=O) groups is 1. The van der Waals surface area contributed by atoms with Gasteiger partial charge in [0.1, 0.15) is 29.5 Å². The lowest BCUT2D eigenvalue weighted by molar-refractivity contribution is 0.112. The Hall–Kier alpha value is -3.02. The van der Waals surface area contributed by atoms with Crippen molar-refractivity contribution in [2.24, 2.45) is 0 Å². The minimum atomic E-state index is -1.89. The third-order valence-electron chi connectivity index (χ3n) is 5.13. The Morgan fingerprint density at radius 3 is 1.29 bits per heavy atom. The Kier molecular flexibility index (Phi) is 5.46. The van der Waals surface area contributed by atoms with Crippen LogP contribution in [0.25, 0.3) is 0 Å². The average Bonchev–Trinajstić information content (AvgIpc) is 2.80. The van der Waals surface area contributed by atoms with Gasteiger partial charge in [0.15, 0.2) is 0 Å². The number of rotatable bonds is 6. The molecule has 0 unspecified atom stereocenters. The normalized spacial score (nSPS) is 11.1. The van der Waals surface area contributed by atoms with E-state index in [0.29, 0.717) is 5.56 Å². The highest BCUT2D eigenvalue weighted by molar-refractivity contribution is 7.95. The lowest BCUT2D eigenvalue weighted by Crippen LogP contribution is -2.32. The Balaban J connectivity index is 1.96. The van der Waals surface area contributed by atoms with Crippen LogP contribution >= 0.6 is 7.26 Å². The Labute approximate surface area is 167 Å². The molecule has 136 valence electrons. The second-order valence-electron chi connectivity index (χ2n) is 6.83. The van der Waals surface area contributed by atoms with Crippen LogP contribution in [0.4, 0.5) is 0 Å². The van der Waals surface area contributed by atoms with Gasteiger partial charge in [-0.05, 0) is 42.0 Å². The average molecular weight is 381 g/mol. The molecule has 0 aliphatic heterocycles. The van der Waals surface area contributed by atoms with Crippen LogP contribution in [-0.2, 0) is 6.16 Å². The van der Waals surface area contributed by atoms with Crippen molar-refractivity contribution < 1.29 is 4.79 Å². The number of aldehydes is 1. The highest BCUT2D eigenvalue weighted by Gasteiger charge is 2.45. The van der Waals surface area contributed by atoms with E-state index in [0.717, 1.165) is 12.4 Å². The first-order valence-electron chi connectivity index (χ1n) is 9.42. The van der Waals surface area contributed by atoms with Crippen molar-refractivity contribution >= 4 is 29.5 Å². The molecule has 2 heteroatoms. The van der Waals surface area contributed by atoms with Gasteiger partial charge in [-0.1, -0.05) is 78.9 Å². The first-order chi connectivity index (χ1) is 13.8.